The van der Waals surface area contributed by atoms with Crippen LogP contribution in [-0.4, -0.2) is 10.1 Å². The van der Waals surface area contributed by atoms with Gasteiger partial charge in [0.05, 0.1) is 5.60 Å². The smallest absolute Gasteiger partial charge is 0.0967 e. The number of aromatic nitrogens is 1. The van der Waals surface area contributed by atoms with Gasteiger partial charge in [0.15, 0.2) is 0 Å². The summed E-state index contributed by atoms with van der Waals surface area (Å²) in [6.07, 6.45) is 8.33. The van der Waals surface area contributed by atoms with Crippen LogP contribution in [0.3, 0.4) is 0 Å². The fourth-order valence-corrected chi connectivity index (χ4v) is 2.45. The number of pyridine rings is 1. The number of nitrogens with zero attached hydrogens (tertiary/aromatic N) is 1. The van der Waals surface area contributed by atoms with Crippen LogP contribution in [0.2, 0.25) is 0 Å². The molecule has 0 atom stereocenters. The zero-order valence-corrected chi connectivity index (χ0v) is 8.19. The van der Waals surface area contributed by atoms with Crippen molar-refractivity contribution in [2.45, 2.75) is 31.3 Å². The molecule has 0 bridgehead atoms. The van der Waals surface area contributed by atoms with Gasteiger partial charge in [0, 0.05) is 18.0 Å². The van der Waals surface area contributed by atoms with Crippen LogP contribution in [0.4, 0.5) is 0 Å². The molecule has 0 aromatic carbocycles. The standard InChI is InChI=1S/C12H15NO/c14-12(9-3-4-9,10-5-6-10)11-2-1-7-13-8-11/h1-2,7-10,14H,3-6H2. The van der Waals surface area contributed by atoms with E-state index >= 15 is 0 Å². The average molecular weight is 189 g/mol. The van der Waals surface area contributed by atoms with Crippen LogP contribution in [0.5, 0.6) is 0 Å². The second kappa shape index (κ2) is 2.80. The van der Waals surface area contributed by atoms with Crippen molar-refractivity contribution in [3.63, 3.8) is 0 Å². The fraction of sp³-hybridized carbons (Fsp3) is 0.583. The van der Waals surface area contributed by atoms with Crippen LogP contribution >= 0.6 is 0 Å². The van der Waals surface area contributed by atoms with E-state index in [-0.39, 0.29) is 0 Å². The second-order valence-electron chi connectivity index (χ2n) is 4.62. The topological polar surface area (TPSA) is 33.1 Å². The van der Waals surface area contributed by atoms with Crippen molar-refractivity contribution in [1.82, 2.24) is 4.98 Å². The molecule has 1 heterocycles. The summed E-state index contributed by atoms with van der Waals surface area (Å²) in [5.74, 6) is 0.999. The SMILES string of the molecule is OC(c1cccnc1)(C1CC1)C1CC1. The molecule has 0 radical (unpaired) electrons. The summed E-state index contributed by atoms with van der Waals surface area (Å²) in [4.78, 5) is 4.11. The van der Waals surface area contributed by atoms with Gasteiger partial charge in [0.25, 0.3) is 0 Å². The van der Waals surface area contributed by atoms with Crippen molar-refractivity contribution >= 4 is 0 Å². The number of hydrogen-bond donors (Lipinski definition) is 1. The lowest BCUT2D eigenvalue weighted by atomic mass is 9.85. The lowest BCUT2D eigenvalue weighted by Crippen LogP contribution is -2.31. The van der Waals surface area contributed by atoms with E-state index in [2.05, 4.69) is 4.98 Å². The van der Waals surface area contributed by atoms with Crippen LogP contribution < -0.4 is 0 Å². The maximum absolute atomic E-state index is 10.7. The summed E-state index contributed by atoms with van der Waals surface area (Å²) in [7, 11) is 0. The van der Waals surface area contributed by atoms with Gasteiger partial charge in [-0.05, 0) is 43.6 Å². The molecule has 14 heavy (non-hydrogen) atoms. The molecule has 1 aromatic heterocycles. The molecule has 0 unspecified atom stereocenters. The number of aliphatic hydroxyl groups is 1. The van der Waals surface area contributed by atoms with Gasteiger partial charge in [-0.3, -0.25) is 4.98 Å². The first-order chi connectivity index (χ1) is 6.82. The van der Waals surface area contributed by atoms with Crippen molar-refractivity contribution < 1.29 is 5.11 Å². The maximum atomic E-state index is 10.7. The molecule has 0 amide bonds. The number of hydrogen-bond acceptors (Lipinski definition) is 2. The highest BCUT2D eigenvalue weighted by Gasteiger charge is 2.54. The highest BCUT2D eigenvalue weighted by molar-refractivity contribution is 5.24. The molecule has 0 aliphatic heterocycles. The Balaban J connectivity index is 1.98. The van der Waals surface area contributed by atoms with Crippen molar-refractivity contribution in [3.8, 4) is 0 Å². The molecule has 1 aromatic rings. The molecule has 2 saturated carbocycles. The molecule has 2 aliphatic rings. The van der Waals surface area contributed by atoms with Crippen molar-refractivity contribution in [2.24, 2.45) is 11.8 Å². The molecule has 2 nitrogen and oxygen atoms in total. The fourth-order valence-electron chi connectivity index (χ4n) is 2.45. The minimum absolute atomic E-state index is 0.499. The number of rotatable bonds is 3. The highest BCUT2D eigenvalue weighted by Crippen LogP contribution is 2.57. The first-order valence-corrected chi connectivity index (χ1v) is 5.44. The Bertz CT molecular complexity index is 315. The summed E-state index contributed by atoms with van der Waals surface area (Å²) in [6.45, 7) is 0. The Hall–Kier alpha value is -0.890. The summed E-state index contributed by atoms with van der Waals surface area (Å²) in [6, 6.07) is 3.94. The quantitative estimate of drug-likeness (QED) is 0.789. The first-order valence-electron chi connectivity index (χ1n) is 5.44. The van der Waals surface area contributed by atoms with E-state index in [1.807, 2.05) is 18.3 Å². The van der Waals surface area contributed by atoms with Crippen molar-refractivity contribution in [3.05, 3.63) is 30.1 Å². The zero-order chi connectivity index (χ0) is 9.60. The van der Waals surface area contributed by atoms with Crippen molar-refractivity contribution in [1.29, 1.82) is 0 Å². The molecular weight excluding hydrogens is 174 g/mol. The van der Waals surface area contributed by atoms with Gasteiger partial charge in [-0.2, -0.15) is 0 Å². The largest absolute Gasteiger partial charge is 0.385 e. The van der Waals surface area contributed by atoms with Gasteiger partial charge < -0.3 is 5.11 Å². The van der Waals surface area contributed by atoms with Gasteiger partial charge in [-0.1, -0.05) is 6.07 Å². The Morgan fingerprint density at radius 3 is 2.29 bits per heavy atom. The lowest BCUT2D eigenvalue weighted by molar-refractivity contribution is -0.0105. The van der Waals surface area contributed by atoms with E-state index in [9.17, 15) is 5.11 Å². The van der Waals surface area contributed by atoms with Crippen LogP contribution in [0.15, 0.2) is 24.5 Å². The van der Waals surface area contributed by atoms with Crippen molar-refractivity contribution in [2.75, 3.05) is 0 Å². The Morgan fingerprint density at radius 2 is 1.86 bits per heavy atom. The lowest BCUT2D eigenvalue weighted by Gasteiger charge is -2.28. The Kier molecular flexibility index (Phi) is 1.68. The normalized spacial score (nSPS) is 22.4. The third-order valence-electron chi connectivity index (χ3n) is 3.52. The molecule has 1 N–H and O–H groups in total. The molecule has 0 spiro atoms. The molecule has 0 saturated heterocycles. The predicted octanol–water partition coefficient (Wildman–Crippen LogP) is 2.09. The molecule has 2 fully saturated rings. The summed E-state index contributed by atoms with van der Waals surface area (Å²) < 4.78 is 0. The van der Waals surface area contributed by atoms with E-state index in [0.29, 0.717) is 11.8 Å². The molecule has 2 aliphatic carbocycles. The molecule has 3 rings (SSSR count). The van der Waals surface area contributed by atoms with E-state index in [1.54, 1.807) is 6.20 Å². The molecule has 74 valence electrons. The van der Waals surface area contributed by atoms with Crippen LogP contribution in [-0.2, 0) is 5.60 Å². The third-order valence-corrected chi connectivity index (χ3v) is 3.52. The third kappa shape index (κ3) is 1.17. The van der Waals surface area contributed by atoms with Crippen LogP contribution in [0.1, 0.15) is 31.2 Å². The molecular formula is C12H15NO. The summed E-state index contributed by atoms with van der Waals surface area (Å²) in [5, 5.41) is 10.7. The Morgan fingerprint density at radius 1 is 1.21 bits per heavy atom. The van der Waals surface area contributed by atoms with E-state index in [4.69, 9.17) is 0 Å². The van der Waals surface area contributed by atoms with E-state index in [1.165, 1.54) is 25.7 Å². The summed E-state index contributed by atoms with van der Waals surface area (Å²) in [5.41, 5.74) is 0.485. The average Bonchev–Trinajstić information content (AvgIpc) is 3.06. The zero-order valence-electron chi connectivity index (χ0n) is 8.19. The minimum Gasteiger partial charge on any atom is -0.385 e. The van der Waals surface area contributed by atoms with E-state index in [0.717, 1.165) is 5.56 Å². The molecule has 2 heteroatoms. The minimum atomic E-state index is -0.547. The van der Waals surface area contributed by atoms with Gasteiger partial charge in [-0.15, -0.1) is 0 Å². The first kappa shape index (κ1) is 8.42. The monoisotopic (exact) mass is 189 g/mol. The van der Waals surface area contributed by atoms with Gasteiger partial charge in [0.2, 0.25) is 0 Å². The second-order valence-corrected chi connectivity index (χ2v) is 4.62. The van der Waals surface area contributed by atoms with E-state index < -0.39 is 5.60 Å². The van der Waals surface area contributed by atoms with Gasteiger partial charge in [0.1, 0.15) is 0 Å². The Labute approximate surface area is 84.0 Å². The summed E-state index contributed by atoms with van der Waals surface area (Å²) >= 11 is 0. The maximum Gasteiger partial charge on any atom is 0.0967 e. The van der Waals surface area contributed by atoms with Crippen LogP contribution in [0.25, 0.3) is 0 Å². The highest BCUT2D eigenvalue weighted by atomic mass is 16.3. The van der Waals surface area contributed by atoms with Crippen LogP contribution in [0, 0.1) is 11.8 Å². The van der Waals surface area contributed by atoms with Gasteiger partial charge >= 0.3 is 0 Å². The van der Waals surface area contributed by atoms with Gasteiger partial charge in [-0.25, -0.2) is 0 Å². The predicted molar refractivity (Wildman–Crippen MR) is 53.6 cm³/mol.